The van der Waals surface area contributed by atoms with Crippen molar-refractivity contribution < 1.29 is 14.7 Å². The first-order chi connectivity index (χ1) is 10.1. The monoisotopic (exact) mass is 284 g/mol. The molecular formula is C16H16N2O3. The maximum atomic E-state index is 11.5. The van der Waals surface area contributed by atoms with E-state index in [2.05, 4.69) is 4.98 Å². The normalized spacial score (nSPS) is 13.2. The van der Waals surface area contributed by atoms with Gasteiger partial charge in [-0.2, -0.15) is 0 Å². The van der Waals surface area contributed by atoms with Crippen molar-refractivity contribution in [2.75, 3.05) is 0 Å². The van der Waals surface area contributed by atoms with Crippen molar-refractivity contribution in [1.29, 1.82) is 0 Å². The molecule has 0 saturated carbocycles. The number of pyridine rings is 1. The van der Waals surface area contributed by atoms with Crippen molar-refractivity contribution in [2.24, 2.45) is 0 Å². The van der Waals surface area contributed by atoms with Gasteiger partial charge >= 0.3 is 5.97 Å². The third-order valence-corrected chi connectivity index (χ3v) is 3.31. The maximum absolute atomic E-state index is 11.5. The van der Waals surface area contributed by atoms with Crippen molar-refractivity contribution >= 4 is 12.4 Å². The second-order valence-electron chi connectivity index (χ2n) is 4.63. The summed E-state index contributed by atoms with van der Waals surface area (Å²) in [6, 6.07) is 13.2. The Morgan fingerprint density at radius 2 is 1.86 bits per heavy atom. The van der Waals surface area contributed by atoms with Crippen LogP contribution in [0.3, 0.4) is 0 Å². The third kappa shape index (κ3) is 3.25. The zero-order chi connectivity index (χ0) is 15.2. The number of nitrogens with zero attached hydrogens (tertiary/aromatic N) is 2. The highest BCUT2D eigenvalue weighted by Crippen LogP contribution is 2.27. The van der Waals surface area contributed by atoms with Crippen LogP contribution < -0.4 is 0 Å². The SMILES string of the molecule is CC(C(=O)O)N(C=O)C(c1ccccc1)c1ccccn1. The molecule has 0 aliphatic heterocycles. The van der Waals surface area contributed by atoms with Crippen LogP contribution in [0.15, 0.2) is 54.7 Å². The Bertz CT molecular complexity index is 562. The summed E-state index contributed by atoms with van der Waals surface area (Å²) in [5.41, 5.74) is 1.44. The first-order valence-corrected chi connectivity index (χ1v) is 6.56. The fourth-order valence-corrected chi connectivity index (χ4v) is 2.17. The number of amides is 1. The van der Waals surface area contributed by atoms with Gasteiger partial charge in [-0.1, -0.05) is 36.4 Å². The number of hydrogen-bond donors (Lipinski definition) is 1. The zero-order valence-electron chi connectivity index (χ0n) is 11.6. The lowest BCUT2D eigenvalue weighted by Gasteiger charge is -2.31. The molecule has 0 fully saturated rings. The molecule has 0 aliphatic rings. The Labute approximate surface area is 122 Å². The molecule has 2 rings (SSSR count). The molecule has 1 heterocycles. The summed E-state index contributed by atoms with van der Waals surface area (Å²) in [6.45, 7) is 1.48. The van der Waals surface area contributed by atoms with Crippen LogP contribution in [0.1, 0.15) is 24.2 Å². The van der Waals surface area contributed by atoms with E-state index in [0.29, 0.717) is 12.1 Å². The number of carboxylic acid groups (broad SMARTS) is 1. The van der Waals surface area contributed by atoms with Gasteiger partial charge in [-0.05, 0) is 24.6 Å². The van der Waals surface area contributed by atoms with E-state index >= 15 is 0 Å². The van der Waals surface area contributed by atoms with E-state index in [4.69, 9.17) is 0 Å². The van der Waals surface area contributed by atoms with Crippen LogP contribution in [0.4, 0.5) is 0 Å². The highest BCUT2D eigenvalue weighted by molar-refractivity contribution is 5.76. The first kappa shape index (κ1) is 14.7. The minimum atomic E-state index is -1.06. The molecule has 21 heavy (non-hydrogen) atoms. The molecule has 5 nitrogen and oxygen atoms in total. The number of aliphatic carboxylic acids is 1. The van der Waals surface area contributed by atoms with E-state index in [1.54, 1.807) is 18.3 Å². The van der Waals surface area contributed by atoms with Crippen LogP contribution in [0.2, 0.25) is 0 Å². The fourth-order valence-electron chi connectivity index (χ4n) is 2.17. The molecule has 1 aromatic carbocycles. The molecule has 1 N–H and O–H groups in total. The van der Waals surface area contributed by atoms with Crippen molar-refractivity contribution in [3.63, 3.8) is 0 Å². The van der Waals surface area contributed by atoms with E-state index in [0.717, 1.165) is 5.56 Å². The number of benzene rings is 1. The Morgan fingerprint density at radius 3 is 2.38 bits per heavy atom. The van der Waals surface area contributed by atoms with Crippen LogP contribution in [-0.4, -0.2) is 33.4 Å². The van der Waals surface area contributed by atoms with E-state index in [1.807, 2.05) is 36.4 Å². The number of carboxylic acids is 1. The predicted octanol–water partition coefficient (Wildman–Crippen LogP) is 2.10. The number of carbonyl (C=O) groups is 2. The molecule has 0 saturated heterocycles. The summed E-state index contributed by atoms with van der Waals surface area (Å²) in [5.74, 6) is -1.06. The average Bonchev–Trinajstić information content (AvgIpc) is 2.53. The van der Waals surface area contributed by atoms with Gasteiger partial charge in [0.25, 0.3) is 0 Å². The molecular weight excluding hydrogens is 268 g/mol. The van der Waals surface area contributed by atoms with Crippen molar-refractivity contribution in [3.8, 4) is 0 Å². The lowest BCUT2D eigenvalue weighted by molar-refractivity contribution is -0.146. The maximum Gasteiger partial charge on any atom is 0.326 e. The van der Waals surface area contributed by atoms with Gasteiger partial charge in [-0.15, -0.1) is 0 Å². The Hall–Kier alpha value is -2.69. The molecule has 1 amide bonds. The molecule has 0 bridgehead atoms. The van der Waals surface area contributed by atoms with Gasteiger partial charge in [0.05, 0.1) is 11.7 Å². The molecule has 2 atom stereocenters. The van der Waals surface area contributed by atoms with Gasteiger partial charge in [0, 0.05) is 6.20 Å². The molecule has 108 valence electrons. The van der Waals surface area contributed by atoms with E-state index in [1.165, 1.54) is 11.8 Å². The summed E-state index contributed by atoms with van der Waals surface area (Å²) in [6.07, 6.45) is 2.19. The molecule has 0 spiro atoms. The third-order valence-electron chi connectivity index (χ3n) is 3.31. The predicted molar refractivity (Wildman–Crippen MR) is 77.5 cm³/mol. The Morgan fingerprint density at radius 1 is 1.19 bits per heavy atom. The van der Waals surface area contributed by atoms with E-state index in [-0.39, 0.29) is 0 Å². The first-order valence-electron chi connectivity index (χ1n) is 6.56. The second kappa shape index (κ2) is 6.65. The minimum absolute atomic E-state index is 0.531. The molecule has 5 heteroatoms. The molecule has 2 unspecified atom stereocenters. The summed E-state index contributed by atoms with van der Waals surface area (Å²) in [4.78, 5) is 28.3. The smallest absolute Gasteiger partial charge is 0.326 e. The molecule has 1 aromatic heterocycles. The molecule has 2 aromatic rings. The van der Waals surface area contributed by atoms with Crippen LogP contribution in [0.5, 0.6) is 0 Å². The molecule has 0 radical (unpaired) electrons. The van der Waals surface area contributed by atoms with Gasteiger partial charge in [-0.25, -0.2) is 4.79 Å². The largest absolute Gasteiger partial charge is 0.480 e. The van der Waals surface area contributed by atoms with Crippen LogP contribution >= 0.6 is 0 Å². The van der Waals surface area contributed by atoms with Crippen molar-refractivity contribution in [1.82, 2.24) is 9.88 Å². The van der Waals surface area contributed by atoms with E-state index in [9.17, 15) is 14.7 Å². The number of rotatable bonds is 6. The lowest BCUT2D eigenvalue weighted by Crippen LogP contribution is -2.41. The van der Waals surface area contributed by atoms with Gasteiger partial charge in [-0.3, -0.25) is 9.78 Å². The van der Waals surface area contributed by atoms with Gasteiger partial charge in [0.15, 0.2) is 0 Å². The van der Waals surface area contributed by atoms with Crippen LogP contribution in [-0.2, 0) is 9.59 Å². The summed E-state index contributed by atoms with van der Waals surface area (Å²) >= 11 is 0. The summed E-state index contributed by atoms with van der Waals surface area (Å²) < 4.78 is 0. The average molecular weight is 284 g/mol. The van der Waals surface area contributed by atoms with Crippen molar-refractivity contribution in [2.45, 2.75) is 19.0 Å². The number of carbonyl (C=O) groups excluding carboxylic acids is 1. The highest BCUT2D eigenvalue weighted by atomic mass is 16.4. The topological polar surface area (TPSA) is 70.5 Å². The summed E-state index contributed by atoms with van der Waals surface area (Å²) in [5, 5.41) is 9.21. The minimum Gasteiger partial charge on any atom is -0.480 e. The fraction of sp³-hybridized carbons (Fsp3) is 0.188. The number of aromatic nitrogens is 1. The van der Waals surface area contributed by atoms with Gasteiger partial charge < -0.3 is 10.0 Å². The Balaban J connectivity index is 2.50. The van der Waals surface area contributed by atoms with Crippen LogP contribution in [0, 0.1) is 0 Å². The van der Waals surface area contributed by atoms with Gasteiger partial charge in [0.2, 0.25) is 6.41 Å². The van der Waals surface area contributed by atoms with Crippen molar-refractivity contribution in [3.05, 3.63) is 66.0 Å². The quantitative estimate of drug-likeness (QED) is 0.825. The molecule has 0 aliphatic carbocycles. The second-order valence-corrected chi connectivity index (χ2v) is 4.63. The Kier molecular flexibility index (Phi) is 4.66. The van der Waals surface area contributed by atoms with Crippen LogP contribution in [0.25, 0.3) is 0 Å². The lowest BCUT2D eigenvalue weighted by atomic mass is 10.0. The zero-order valence-corrected chi connectivity index (χ0v) is 11.6. The van der Waals surface area contributed by atoms with Gasteiger partial charge in [0.1, 0.15) is 6.04 Å². The number of hydrogen-bond acceptors (Lipinski definition) is 3. The van der Waals surface area contributed by atoms with E-state index < -0.39 is 18.1 Å². The standard InChI is InChI=1S/C16H16N2O3/c1-12(16(20)21)18(11-19)15(13-7-3-2-4-8-13)14-9-5-6-10-17-14/h2-12,15H,1H3,(H,20,21). The highest BCUT2D eigenvalue weighted by Gasteiger charge is 2.29. The summed E-state index contributed by atoms with van der Waals surface area (Å²) in [7, 11) is 0.